The van der Waals surface area contributed by atoms with E-state index in [1.54, 1.807) is 25.0 Å². The lowest BCUT2D eigenvalue weighted by Crippen LogP contribution is -2.19. The van der Waals surface area contributed by atoms with Crippen LogP contribution in [0.15, 0.2) is 34.9 Å². The van der Waals surface area contributed by atoms with E-state index < -0.39 is 5.60 Å². The zero-order valence-corrected chi connectivity index (χ0v) is 18.4. The van der Waals surface area contributed by atoms with Gasteiger partial charge in [-0.3, -0.25) is 0 Å². The lowest BCUT2D eigenvalue weighted by molar-refractivity contribution is 0.143. The highest BCUT2D eigenvalue weighted by molar-refractivity contribution is 5.30. The highest BCUT2D eigenvalue weighted by Crippen LogP contribution is 2.46. The Kier molecular flexibility index (Phi) is 9.06. The van der Waals surface area contributed by atoms with Crippen molar-refractivity contribution in [3.05, 3.63) is 34.9 Å². The topological polar surface area (TPSA) is 40.5 Å². The number of fused-ring (bicyclic) bond motifs is 1. The zero-order valence-electron chi connectivity index (χ0n) is 18.4. The molecule has 0 spiro atoms. The molecule has 2 saturated carbocycles. The van der Waals surface area contributed by atoms with Crippen molar-refractivity contribution in [3.63, 3.8) is 0 Å². The molecule has 0 aromatic carbocycles. The van der Waals surface area contributed by atoms with Gasteiger partial charge in [0.2, 0.25) is 0 Å². The van der Waals surface area contributed by atoms with E-state index in [0.717, 1.165) is 38.5 Å². The average molecular weight is 385 g/mol. The zero-order chi connectivity index (χ0) is 20.6. The van der Waals surface area contributed by atoms with Crippen LogP contribution in [0.1, 0.15) is 91.9 Å². The number of rotatable bonds is 3. The van der Waals surface area contributed by atoms with Crippen molar-refractivity contribution in [2.24, 2.45) is 11.8 Å². The lowest BCUT2D eigenvalue weighted by atomic mass is 9.74. The number of aliphatic hydroxyl groups excluding tert-OH is 1. The first-order valence-corrected chi connectivity index (χ1v) is 11.4. The molecule has 0 saturated heterocycles. The van der Waals surface area contributed by atoms with Gasteiger partial charge in [0.25, 0.3) is 0 Å². The maximum absolute atomic E-state index is 9.86. The van der Waals surface area contributed by atoms with E-state index in [1.165, 1.54) is 31.3 Å². The van der Waals surface area contributed by atoms with E-state index in [1.807, 2.05) is 13.8 Å². The predicted octanol–water partition coefficient (Wildman–Crippen LogP) is 6.10. The number of aliphatic hydroxyl groups is 2. The van der Waals surface area contributed by atoms with Crippen molar-refractivity contribution in [3.8, 4) is 11.8 Å². The van der Waals surface area contributed by atoms with Gasteiger partial charge in [-0.25, -0.2) is 0 Å². The summed E-state index contributed by atoms with van der Waals surface area (Å²) in [6.45, 7) is 7.48. The molecule has 2 N–H and O–H groups in total. The third kappa shape index (κ3) is 6.94. The second-order valence-corrected chi connectivity index (χ2v) is 8.80. The van der Waals surface area contributed by atoms with Crippen LogP contribution in [-0.2, 0) is 0 Å². The summed E-state index contributed by atoms with van der Waals surface area (Å²) in [6, 6.07) is 0. The van der Waals surface area contributed by atoms with E-state index in [9.17, 15) is 10.2 Å². The van der Waals surface area contributed by atoms with Crippen molar-refractivity contribution < 1.29 is 10.2 Å². The summed E-state index contributed by atoms with van der Waals surface area (Å²) in [5.41, 5.74) is 3.74. The smallest absolute Gasteiger partial charge is 0.119 e. The molecule has 3 aliphatic rings. The maximum atomic E-state index is 9.86. The monoisotopic (exact) mass is 384 g/mol. The molecular weight excluding hydrogens is 344 g/mol. The third-order valence-electron chi connectivity index (χ3n) is 6.05. The summed E-state index contributed by atoms with van der Waals surface area (Å²) >= 11 is 0. The molecule has 0 aliphatic heterocycles. The molecule has 156 valence electrons. The first-order valence-electron chi connectivity index (χ1n) is 11.4. The summed E-state index contributed by atoms with van der Waals surface area (Å²) in [4.78, 5) is 0. The van der Waals surface area contributed by atoms with Gasteiger partial charge in [-0.15, -0.1) is 0 Å². The summed E-state index contributed by atoms with van der Waals surface area (Å²) in [7, 11) is 0. The van der Waals surface area contributed by atoms with E-state index in [2.05, 4.69) is 30.1 Å². The van der Waals surface area contributed by atoms with Crippen LogP contribution in [-0.4, -0.2) is 21.9 Å². The molecule has 0 aromatic rings. The second-order valence-electron chi connectivity index (χ2n) is 8.80. The van der Waals surface area contributed by atoms with Crippen LogP contribution >= 0.6 is 0 Å². The SMILES string of the molecule is CC.CC(C)(O)C#CCCC1=CCC2/C(=C/C=C3/CCC[C@H](O)C3)CCC[C@H]12. The Morgan fingerprint density at radius 1 is 1.11 bits per heavy atom. The standard InChI is InChI=1S/C24H34O2.C2H6/c1-24(2,26)16-4-3-8-19-14-15-23-20(9-6-11-22(19)23)13-12-18-7-5-10-21(25)17-18;1-2/h12-14,21-23,25-26H,3,5-11,15,17H2,1-2H3;1-2H3/b18-12-,20-13+;/t21-,22+,23?;/m0./s1. The van der Waals surface area contributed by atoms with Gasteiger partial charge in [-0.2, -0.15) is 0 Å². The normalized spacial score (nSPS) is 30.1. The molecule has 3 atom stereocenters. The van der Waals surface area contributed by atoms with Crippen LogP contribution < -0.4 is 0 Å². The van der Waals surface area contributed by atoms with Crippen LogP contribution in [0.3, 0.4) is 0 Å². The van der Waals surface area contributed by atoms with Gasteiger partial charge in [0.15, 0.2) is 0 Å². The molecule has 0 radical (unpaired) electrons. The van der Waals surface area contributed by atoms with Crippen molar-refractivity contribution in [1.82, 2.24) is 0 Å². The molecule has 0 heterocycles. The van der Waals surface area contributed by atoms with Crippen molar-refractivity contribution in [1.29, 1.82) is 0 Å². The summed E-state index contributed by atoms with van der Waals surface area (Å²) < 4.78 is 0. The van der Waals surface area contributed by atoms with Gasteiger partial charge >= 0.3 is 0 Å². The van der Waals surface area contributed by atoms with Gasteiger partial charge in [-0.1, -0.05) is 60.6 Å². The van der Waals surface area contributed by atoms with Crippen molar-refractivity contribution in [2.75, 3.05) is 0 Å². The Balaban J connectivity index is 0.00000136. The minimum Gasteiger partial charge on any atom is -0.393 e. The van der Waals surface area contributed by atoms with Crippen molar-refractivity contribution in [2.45, 2.75) is 104 Å². The number of allylic oxidation sites excluding steroid dienone is 5. The largest absolute Gasteiger partial charge is 0.393 e. The molecule has 2 fully saturated rings. The number of hydrogen-bond donors (Lipinski definition) is 2. The molecule has 28 heavy (non-hydrogen) atoms. The van der Waals surface area contributed by atoms with Gasteiger partial charge in [0.05, 0.1) is 6.10 Å². The Morgan fingerprint density at radius 2 is 1.86 bits per heavy atom. The average Bonchev–Trinajstić information content (AvgIpc) is 3.08. The van der Waals surface area contributed by atoms with Gasteiger partial charge in [0, 0.05) is 6.42 Å². The molecule has 2 nitrogen and oxygen atoms in total. The quantitative estimate of drug-likeness (QED) is 0.456. The fourth-order valence-electron chi connectivity index (χ4n) is 4.79. The first-order chi connectivity index (χ1) is 13.4. The fourth-order valence-corrected chi connectivity index (χ4v) is 4.79. The number of hydrogen-bond acceptors (Lipinski definition) is 2. The van der Waals surface area contributed by atoms with Crippen LogP contribution in [0.5, 0.6) is 0 Å². The van der Waals surface area contributed by atoms with E-state index in [0.29, 0.717) is 11.8 Å². The molecule has 3 rings (SSSR count). The summed E-state index contributed by atoms with van der Waals surface area (Å²) in [5.74, 6) is 7.46. The second kappa shape index (κ2) is 11.0. The van der Waals surface area contributed by atoms with E-state index in [4.69, 9.17) is 0 Å². The molecule has 1 unspecified atom stereocenters. The Bertz CT molecular complexity index is 648. The van der Waals surface area contributed by atoms with Crippen LogP contribution in [0.4, 0.5) is 0 Å². The van der Waals surface area contributed by atoms with E-state index >= 15 is 0 Å². The minimum atomic E-state index is -0.881. The fraction of sp³-hybridized carbons (Fsp3) is 0.692. The Labute approximate surface area is 172 Å². The third-order valence-corrected chi connectivity index (χ3v) is 6.05. The molecule has 0 aromatic heterocycles. The Morgan fingerprint density at radius 3 is 2.57 bits per heavy atom. The maximum Gasteiger partial charge on any atom is 0.119 e. The van der Waals surface area contributed by atoms with Crippen molar-refractivity contribution >= 4 is 0 Å². The Hall–Kier alpha value is -1.30. The highest BCUT2D eigenvalue weighted by Gasteiger charge is 2.34. The first kappa shape index (κ1) is 23.0. The van der Waals surface area contributed by atoms with Crippen LogP contribution in [0.25, 0.3) is 0 Å². The molecule has 0 bridgehead atoms. The molecule has 0 amide bonds. The predicted molar refractivity (Wildman–Crippen MR) is 119 cm³/mol. The van der Waals surface area contributed by atoms with E-state index in [-0.39, 0.29) is 6.10 Å². The summed E-state index contributed by atoms with van der Waals surface area (Å²) in [6.07, 6.45) is 18.0. The van der Waals surface area contributed by atoms with Crippen LogP contribution in [0.2, 0.25) is 0 Å². The molecule has 3 aliphatic carbocycles. The molecule has 2 heteroatoms. The molecular formula is C26H40O2. The highest BCUT2D eigenvalue weighted by atomic mass is 16.3. The minimum absolute atomic E-state index is 0.128. The van der Waals surface area contributed by atoms with Gasteiger partial charge < -0.3 is 10.2 Å². The van der Waals surface area contributed by atoms with Gasteiger partial charge in [0.1, 0.15) is 5.60 Å². The summed E-state index contributed by atoms with van der Waals surface area (Å²) in [5, 5.41) is 19.6. The lowest BCUT2D eigenvalue weighted by Gasteiger charge is -2.30. The van der Waals surface area contributed by atoms with Crippen LogP contribution in [0, 0.1) is 23.7 Å². The van der Waals surface area contributed by atoms with Gasteiger partial charge in [-0.05, 0) is 83.5 Å².